The van der Waals surface area contributed by atoms with Crippen LogP contribution in [0.2, 0.25) is 5.02 Å². The SMILES string of the molecule is COc1nccc(N(C)C)c1NCc1cc(Cl)cs1. The molecule has 1 N–H and O–H groups in total. The van der Waals surface area contributed by atoms with Crippen molar-refractivity contribution in [1.82, 2.24) is 4.98 Å². The zero-order valence-electron chi connectivity index (χ0n) is 11.1. The number of nitrogens with zero attached hydrogens (tertiary/aromatic N) is 2. The number of anilines is 2. The Bertz CT molecular complexity index is 557. The third-order valence-electron chi connectivity index (χ3n) is 2.63. The second-order valence-corrected chi connectivity index (χ2v) is 5.63. The summed E-state index contributed by atoms with van der Waals surface area (Å²) < 4.78 is 5.31. The molecular weight excluding hydrogens is 282 g/mol. The van der Waals surface area contributed by atoms with E-state index in [2.05, 4.69) is 10.3 Å². The first-order valence-corrected chi connectivity index (χ1v) is 7.04. The summed E-state index contributed by atoms with van der Waals surface area (Å²) >= 11 is 7.55. The van der Waals surface area contributed by atoms with Crippen LogP contribution in [0.25, 0.3) is 0 Å². The molecule has 0 fully saturated rings. The molecule has 0 radical (unpaired) electrons. The van der Waals surface area contributed by atoms with Crippen LogP contribution in [0.3, 0.4) is 0 Å². The highest BCUT2D eigenvalue weighted by Crippen LogP contribution is 2.32. The molecule has 19 heavy (non-hydrogen) atoms. The number of halogens is 1. The fraction of sp³-hybridized carbons (Fsp3) is 0.308. The summed E-state index contributed by atoms with van der Waals surface area (Å²) in [4.78, 5) is 7.41. The minimum absolute atomic E-state index is 0.592. The maximum absolute atomic E-state index is 5.92. The molecule has 102 valence electrons. The molecule has 2 aromatic rings. The first kappa shape index (κ1) is 14.0. The van der Waals surface area contributed by atoms with Crippen molar-refractivity contribution in [2.24, 2.45) is 0 Å². The first-order valence-electron chi connectivity index (χ1n) is 5.79. The number of rotatable bonds is 5. The van der Waals surface area contributed by atoms with Gasteiger partial charge in [0.2, 0.25) is 5.88 Å². The van der Waals surface area contributed by atoms with Gasteiger partial charge in [-0.1, -0.05) is 11.6 Å². The van der Waals surface area contributed by atoms with Crippen molar-refractivity contribution in [3.05, 3.63) is 33.6 Å². The fourth-order valence-corrected chi connectivity index (χ4v) is 2.76. The van der Waals surface area contributed by atoms with Crippen LogP contribution in [0.15, 0.2) is 23.7 Å². The Balaban J connectivity index is 2.22. The Labute approximate surface area is 122 Å². The van der Waals surface area contributed by atoms with Gasteiger partial charge in [0.1, 0.15) is 5.69 Å². The molecule has 0 saturated carbocycles. The number of nitrogens with one attached hydrogen (secondary N) is 1. The van der Waals surface area contributed by atoms with Crippen LogP contribution in [0.5, 0.6) is 5.88 Å². The standard InChI is InChI=1S/C13H16ClN3OS/c1-17(2)11-4-5-15-13(18-3)12(11)16-7-10-6-9(14)8-19-10/h4-6,8,16H,7H2,1-3H3. The van der Waals surface area contributed by atoms with Crippen LogP contribution >= 0.6 is 22.9 Å². The van der Waals surface area contributed by atoms with E-state index in [4.69, 9.17) is 16.3 Å². The molecule has 0 saturated heterocycles. The predicted octanol–water partition coefficient (Wildman–Crippen LogP) is 3.48. The molecule has 0 atom stereocenters. The minimum atomic E-state index is 0.592. The smallest absolute Gasteiger partial charge is 0.239 e. The molecular formula is C13H16ClN3OS. The van der Waals surface area contributed by atoms with E-state index in [0.717, 1.165) is 16.4 Å². The van der Waals surface area contributed by atoms with Crippen LogP contribution in [0, 0.1) is 0 Å². The highest BCUT2D eigenvalue weighted by atomic mass is 35.5. The molecule has 0 unspecified atom stereocenters. The van der Waals surface area contributed by atoms with Crippen molar-refractivity contribution >= 4 is 34.3 Å². The molecule has 0 amide bonds. The molecule has 6 heteroatoms. The van der Waals surface area contributed by atoms with Gasteiger partial charge in [0.25, 0.3) is 0 Å². The van der Waals surface area contributed by atoms with Gasteiger partial charge in [-0.2, -0.15) is 0 Å². The van der Waals surface area contributed by atoms with Crippen molar-refractivity contribution < 1.29 is 4.74 Å². The van der Waals surface area contributed by atoms with Crippen LogP contribution < -0.4 is 15.0 Å². The van der Waals surface area contributed by atoms with Crippen molar-refractivity contribution in [3.63, 3.8) is 0 Å². The van der Waals surface area contributed by atoms with Crippen molar-refractivity contribution in [3.8, 4) is 5.88 Å². The Kier molecular flexibility index (Phi) is 4.50. The third kappa shape index (κ3) is 3.30. The maximum Gasteiger partial charge on any atom is 0.239 e. The number of aromatic nitrogens is 1. The molecule has 0 spiro atoms. The highest BCUT2D eigenvalue weighted by molar-refractivity contribution is 7.10. The zero-order valence-corrected chi connectivity index (χ0v) is 12.7. The molecule has 2 aromatic heterocycles. The van der Waals surface area contributed by atoms with Gasteiger partial charge in [-0.05, 0) is 12.1 Å². The van der Waals surface area contributed by atoms with Crippen LogP contribution in [0.1, 0.15) is 4.88 Å². The van der Waals surface area contributed by atoms with E-state index >= 15 is 0 Å². The quantitative estimate of drug-likeness (QED) is 0.917. The van der Waals surface area contributed by atoms with Crippen molar-refractivity contribution in [1.29, 1.82) is 0 Å². The van der Waals surface area contributed by atoms with E-state index in [0.29, 0.717) is 12.4 Å². The molecule has 4 nitrogen and oxygen atoms in total. The number of ether oxygens (including phenoxy) is 1. The van der Waals surface area contributed by atoms with Gasteiger partial charge in [-0.15, -0.1) is 11.3 Å². The number of methoxy groups -OCH3 is 1. The maximum atomic E-state index is 5.92. The number of hydrogen-bond donors (Lipinski definition) is 1. The van der Waals surface area contributed by atoms with Gasteiger partial charge in [-0.3, -0.25) is 0 Å². The average Bonchev–Trinajstić information content (AvgIpc) is 2.81. The fourth-order valence-electron chi connectivity index (χ4n) is 1.75. The Morgan fingerprint density at radius 2 is 2.26 bits per heavy atom. The number of hydrogen-bond acceptors (Lipinski definition) is 5. The summed E-state index contributed by atoms with van der Waals surface area (Å²) in [5, 5.41) is 6.06. The van der Waals surface area contributed by atoms with Gasteiger partial charge in [-0.25, -0.2) is 4.98 Å². The van der Waals surface area contributed by atoms with Crippen LogP contribution in [-0.4, -0.2) is 26.2 Å². The third-order valence-corrected chi connectivity index (χ3v) is 3.91. The van der Waals surface area contributed by atoms with Crippen LogP contribution in [-0.2, 0) is 6.54 Å². The van der Waals surface area contributed by atoms with E-state index in [1.807, 2.05) is 36.5 Å². The summed E-state index contributed by atoms with van der Waals surface area (Å²) in [5.74, 6) is 0.592. The van der Waals surface area contributed by atoms with Gasteiger partial charge < -0.3 is 15.0 Å². The van der Waals surface area contributed by atoms with E-state index in [1.54, 1.807) is 24.6 Å². The van der Waals surface area contributed by atoms with Gasteiger partial charge >= 0.3 is 0 Å². The lowest BCUT2D eigenvalue weighted by Crippen LogP contribution is -2.13. The summed E-state index contributed by atoms with van der Waals surface area (Å²) in [7, 11) is 5.60. The lowest BCUT2D eigenvalue weighted by atomic mass is 10.3. The molecule has 0 aliphatic heterocycles. The van der Waals surface area contributed by atoms with Crippen molar-refractivity contribution in [2.45, 2.75) is 6.54 Å². The van der Waals surface area contributed by atoms with E-state index in [9.17, 15) is 0 Å². The molecule has 0 bridgehead atoms. The van der Waals surface area contributed by atoms with Crippen molar-refractivity contribution in [2.75, 3.05) is 31.4 Å². The van der Waals surface area contributed by atoms with Gasteiger partial charge in [0.15, 0.2) is 0 Å². The molecule has 2 heterocycles. The van der Waals surface area contributed by atoms with Crippen LogP contribution in [0.4, 0.5) is 11.4 Å². The van der Waals surface area contributed by atoms with E-state index in [1.165, 1.54) is 4.88 Å². The minimum Gasteiger partial charge on any atom is -0.479 e. The lowest BCUT2D eigenvalue weighted by molar-refractivity contribution is 0.400. The van der Waals surface area contributed by atoms with Gasteiger partial charge in [0.05, 0.1) is 17.8 Å². The first-order chi connectivity index (χ1) is 9.11. The Hall–Kier alpha value is -1.46. The second-order valence-electron chi connectivity index (χ2n) is 4.19. The van der Waals surface area contributed by atoms with E-state index < -0.39 is 0 Å². The normalized spacial score (nSPS) is 10.3. The summed E-state index contributed by atoms with van der Waals surface area (Å²) in [5.41, 5.74) is 1.93. The molecule has 0 aliphatic carbocycles. The zero-order chi connectivity index (χ0) is 13.8. The molecule has 0 aliphatic rings. The van der Waals surface area contributed by atoms with E-state index in [-0.39, 0.29) is 0 Å². The lowest BCUT2D eigenvalue weighted by Gasteiger charge is -2.19. The summed E-state index contributed by atoms with van der Waals surface area (Å²) in [6.45, 7) is 0.695. The summed E-state index contributed by atoms with van der Waals surface area (Å²) in [6.07, 6.45) is 1.74. The topological polar surface area (TPSA) is 37.4 Å². The highest BCUT2D eigenvalue weighted by Gasteiger charge is 2.12. The Morgan fingerprint density at radius 1 is 1.47 bits per heavy atom. The predicted molar refractivity (Wildman–Crippen MR) is 81.8 cm³/mol. The van der Waals surface area contributed by atoms with Gasteiger partial charge in [0, 0.05) is 37.1 Å². The number of thiophene rings is 1. The largest absolute Gasteiger partial charge is 0.479 e. The molecule has 0 aromatic carbocycles. The Morgan fingerprint density at radius 3 is 2.84 bits per heavy atom. The monoisotopic (exact) mass is 297 g/mol. The number of pyridine rings is 1. The second kappa shape index (κ2) is 6.12. The summed E-state index contributed by atoms with van der Waals surface area (Å²) in [6, 6.07) is 3.91. The average molecular weight is 298 g/mol. The molecule has 2 rings (SSSR count).